The molecule has 1 atom stereocenters. The van der Waals surface area contributed by atoms with Crippen molar-refractivity contribution in [3.8, 4) is 11.5 Å². The number of amides is 2. The van der Waals surface area contributed by atoms with E-state index in [0.717, 1.165) is 29.2 Å². The van der Waals surface area contributed by atoms with Crippen LogP contribution >= 0.6 is 0 Å². The fourth-order valence-corrected chi connectivity index (χ4v) is 3.25. The first-order chi connectivity index (χ1) is 13.6. The Labute approximate surface area is 165 Å². The van der Waals surface area contributed by atoms with Gasteiger partial charge in [-0.1, -0.05) is 25.1 Å². The highest BCUT2D eigenvalue weighted by molar-refractivity contribution is 6.00. The standard InChI is InChI=1S/C22H26N2O4/c1-3-12-28-19-10-8-18(9-11-19)24-15-17(13-21(24)25)22(26)23-14-16-6-4-5-7-20(16)27-2/h4-11,17H,3,12-15H2,1-2H3,(H,23,26). The van der Waals surface area contributed by atoms with E-state index >= 15 is 0 Å². The number of carbonyl (C=O) groups is 2. The van der Waals surface area contributed by atoms with Crippen LogP contribution in [0.2, 0.25) is 0 Å². The lowest BCUT2D eigenvalue weighted by Gasteiger charge is -2.17. The van der Waals surface area contributed by atoms with Crippen molar-refractivity contribution < 1.29 is 19.1 Å². The minimum absolute atomic E-state index is 0.0420. The molecule has 0 saturated carbocycles. The predicted octanol–water partition coefficient (Wildman–Crippen LogP) is 3.15. The second-order valence-electron chi connectivity index (χ2n) is 6.78. The van der Waals surface area contributed by atoms with E-state index < -0.39 is 0 Å². The van der Waals surface area contributed by atoms with Crippen molar-refractivity contribution in [1.29, 1.82) is 0 Å². The van der Waals surface area contributed by atoms with Crippen molar-refractivity contribution in [3.05, 3.63) is 54.1 Å². The molecule has 3 rings (SSSR count). The van der Waals surface area contributed by atoms with Crippen molar-refractivity contribution in [2.24, 2.45) is 5.92 Å². The Morgan fingerprint density at radius 2 is 1.93 bits per heavy atom. The van der Waals surface area contributed by atoms with Gasteiger partial charge in [-0.3, -0.25) is 9.59 Å². The van der Waals surface area contributed by atoms with Crippen LogP contribution in [-0.2, 0) is 16.1 Å². The number of ether oxygens (including phenoxy) is 2. The second kappa shape index (κ2) is 9.26. The van der Waals surface area contributed by atoms with Gasteiger partial charge in [0.2, 0.25) is 11.8 Å². The number of benzene rings is 2. The molecule has 2 aromatic rings. The van der Waals surface area contributed by atoms with Crippen LogP contribution in [0.25, 0.3) is 0 Å². The van der Waals surface area contributed by atoms with Crippen LogP contribution in [0.1, 0.15) is 25.3 Å². The van der Waals surface area contributed by atoms with Crippen LogP contribution in [0.15, 0.2) is 48.5 Å². The fraction of sp³-hybridized carbons (Fsp3) is 0.364. The Morgan fingerprint density at radius 3 is 2.64 bits per heavy atom. The predicted molar refractivity (Wildman–Crippen MR) is 108 cm³/mol. The number of hydrogen-bond donors (Lipinski definition) is 1. The lowest BCUT2D eigenvalue weighted by Crippen LogP contribution is -2.32. The summed E-state index contributed by atoms with van der Waals surface area (Å²) < 4.78 is 10.9. The van der Waals surface area contributed by atoms with Gasteiger partial charge in [-0.05, 0) is 36.8 Å². The van der Waals surface area contributed by atoms with E-state index in [0.29, 0.717) is 19.7 Å². The fourth-order valence-electron chi connectivity index (χ4n) is 3.25. The van der Waals surface area contributed by atoms with Gasteiger partial charge in [0, 0.05) is 30.8 Å². The van der Waals surface area contributed by atoms with Gasteiger partial charge in [0.05, 0.1) is 19.6 Å². The molecule has 0 aliphatic carbocycles. The number of nitrogens with zero attached hydrogens (tertiary/aromatic N) is 1. The number of rotatable bonds is 8. The van der Waals surface area contributed by atoms with Crippen LogP contribution in [0.3, 0.4) is 0 Å². The van der Waals surface area contributed by atoms with Crippen LogP contribution in [0.5, 0.6) is 11.5 Å². The summed E-state index contributed by atoms with van der Waals surface area (Å²) in [7, 11) is 1.60. The largest absolute Gasteiger partial charge is 0.496 e. The molecule has 2 amide bonds. The molecule has 2 aromatic carbocycles. The molecule has 1 saturated heterocycles. The van der Waals surface area contributed by atoms with Gasteiger partial charge >= 0.3 is 0 Å². The average Bonchev–Trinajstić information content (AvgIpc) is 3.12. The quantitative estimate of drug-likeness (QED) is 0.762. The van der Waals surface area contributed by atoms with E-state index in [9.17, 15) is 9.59 Å². The average molecular weight is 382 g/mol. The molecule has 0 aromatic heterocycles. The Balaban J connectivity index is 1.58. The third-order valence-electron chi connectivity index (χ3n) is 4.76. The first-order valence-electron chi connectivity index (χ1n) is 9.55. The number of hydrogen-bond acceptors (Lipinski definition) is 4. The highest BCUT2D eigenvalue weighted by Gasteiger charge is 2.35. The van der Waals surface area contributed by atoms with Gasteiger partial charge in [0.15, 0.2) is 0 Å². The first-order valence-corrected chi connectivity index (χ1v) is 9.55. The van der Waals surface area contributed by atoms with Crippen LogP contribution in [0.4, 0.5) is 5.69 Å². The zero-order valence-electron chi connectivity index (χ0n) is 16.3. The summed E-state index contributed by atoms with van der Waals surface area (Å²) in [6, 6.07) is 15.0. The molecule has 0 radical (unpaired) electrons. The molecular weight excluding hydrogens is 356 g/mol. The summed E-state index contributed by atoms with van der Waals surface area (Å²) in [5.74, 6) is 0.989. The molecule has 1 fully saturated rings. The van der Waals surface area contributed by atoms with Gasteiger partial charge < -0.3 is 19.7 Å². The van der Waals surface area contributed by atoms with E-state index in [2.05, 4.69) is 12.2 Å². The number of anilines is 1. The Kier molecular flexibility index (Phi) is 6.53. The van der Waals surface area contributed by atoms with Gasteiger partial charge in [0.25, 0.3) is 0 Å². The maximum atomic E-state index is 12.6. The Hall–Kier alpha value is -3.02. The van der Waals surface area contributed by atoms with E-state index in [4.69, 9.17) is 9.47 Å². The molecule has 1 aliphatic rings. The van der Waals surface area contributed by atoms with Crippen molar-refractivity contribution in [2.45, 2.75) is 26.3 Å². The smallest absolute Gasteiger partial charge is 0.227 e. The van der Waals surface area contributed by atoms with E-state index in [1.54, 1.807) is 12.0 Å². The summed E-state index contributed by atoms with van der Waals surface area (Å²) in [6.07, 6.45) is 1.16. The summed E-state index contributed by atoms with van der Waals surface area (Å²) in [5, 5.41) is 2.92. The van der Waals surface area contributed by atoms with Gasteiger partial charge in [0.1, 0.15) is 11.5 Å². The minimum atomic E-state index is -0.363. The van der Waals surface area contributed by atoms with Gasteiger partial charge in [-0.2, -0.15) is 0 Å². The molecule has 6 nitrogen and oxygen atoms in total. The number of carbonyl (C=O) groups excluding carboxylic acids is 2. The van der Waals surface area contributed by atoms with Crippen molar-refractivity contribution >= 4 is 17.5 Å². The third-order valence-corrected chi connectivity index (χ3v) is 4.76. The number of para-hydroxylation sites is 1. The maximum absolute atomic E-state index is 12.6. The summed E-state index contributed by atoms with van der Waals surface area (Å²) in [6.45, 7) is 3.47. The number of methoxy groups -OCH3 is 1. The van der Waals surface area contributed by atoms with Crippen LogP contribution < -0.4 is 19.7 Å². The molecule has 6 heteroatoms. The van der Waals surface area contributed by atoms with Crippen molar-refractivity contribution in [1.82, 2.24) is 5.32 Å². The topological polar surface area (TPSA) is 67.9 Å². The van der Waals surface area contributed by atoms with Crippen molar-refractivity contribution in [2.75, 3.05) is 25.2 Å². The normalized spacial score (nSPS) is 16.1. The summed E-state index contributed by atoms with van der Waals surface area (Å²) >= 11 is 0. The minimum Gasteiger partial charge on any atom is -0.496 e. The zero-order valence-corrected chi connectivity index (χ0v) is 16.3. The van der Waals surface area contributed by atoms with Crippen LogP contribution in [-0.4, -0.2) is 32.1 Å². The highest BCUT2D eigenvalue weighted by atomic mass is 16.5. The van der Waals surface area contributed by atoms with Crippen molar-refractivity contribution in [3.63, 3.8) is 0 Å². The van der Waals surface area contributed by atoms with E-state index in [1.165, 1.54) is 0 Å². The highest BCUT2D eigenvalue weighted by Crippen LogP contribution is 2.27. The lowest BCUT2D eigenvalue weighted by molar-refractivity contribution is -0.126. The van der Waals surface area contributed by atoms with Gasteiger partial charge in [-0.15, -0.1) is 0 Å². The molecule has 1 heterocycles. The lowest BCUT2D eigenvalue weighted by atomic mass is 10.1. The molecule has 0 bridgehead atoms. The zero-order chi connectivity index (χ0) is 19.9. The SMILES string of the molecule is CCCOc1ccc(N2CC(C(=O)NCc3ccccc3OC)CC2=O)cc1. The Bertz CT molecular complexity index is 820. The van der Waals surface area contributed by atoms with E-state index in [-0.39, 0.29) is 24.2 Å². The summed E-state index contributed by atoms with van der Waals surface area (Å²) in [4.78, 5) is 26.6. The molecular formula is C22H26N2O4. The van der Waals surface area contributed by atoms with E-state index in [1.807, 2.05) is 48.5 Å². The first kappa shape index (κ1) is 19.7. The van der Waals surface area contributed by atoms with Crippen LogP contribution in [0, 0.1) is 5.92 Å². The number of nitrogens with one attached hydrogen (secondary N) is 1. The monoisotopic (exact) mass is 382 g/mol. The third kappa shape index (κ3) is 4.63. The maximum Gasteiger partial charge on any atom is 0.227 e. The molecule has 1 unspecified atom stereocenters. The molecule has 1 aliphatic heterocycles. The molecule has 0 spiro atoms. The second-order valence-corrected chi connectivity index (χ2v) is 6.78. The molecule has 28 heavy (non-hydrogen) atoms. The summed E-state index contributed by atoms with van der Waals surface area (Å²) in [5.41, 5.74) is 1.69. The van der Waals surface area contributed by atoms with Gasteiger partial charge in [-0.25, -0.2) is 0 Å². The Morgan fingerprint density at radius 1 is 1.18 bits per heavy atom. The molecule has 1 N–H and O–H groups in total. The molecule has 148 valence electrons.